The van der Waals surface area contributed by atoms with Crippen LogP contribution < -0.4 is 4.90 Å². The van der Waals surface area contributed by atoms with Crippen LogP contribution in [-0.4, -0.2) is 43.7 Å². The van der Waals surface area contributed by atoms with E-state index in [9.17, 15) is 4.79 Å². The van der Waals surface area contributed by atoms with Gasteiger partial charge in [-0.3, -0.25) is 0 Å². The Labute approximate surface area is 97.7 Å². The van der Waals surface area contributed by atoms with E-state index in [-0.39, 0.29) is 0 Å². The van der Waals surface area contributed by atoms with Gasteiger partial charge in [-0.05, 0) is 13.8 Å². The van der Waals surface area contributed by atoms with Gasteiger partial charge >= 0.3 is 5.97 Å². The van der Waals surface area contributed by atoms with Gasteiger partial charge in [-0.25, -0.2) is 9.78 Å². The van der Waals surface area contributed by atoms with Crippen molar-refractivity contribution in [3.05, 3.63) is 18.1 Å². The molecule has 0 fully saturated rings. The van der Waals surface area contributed by atoms with Crippen molar-refractivity contribution in [3.63, 3.8) is 0 Å². The van der Waals surface area contributed by atoms with Crippen molar-refractivity contribution in [2.75, 3.05) is 11.9 Å². The fourth-order valence-electron chi connectivity index (χ4n) is 1.53. The molecule has 0 radical (unpaired) electrons. The van der Waals surface area contributed by atoms with Crippen LogP contribution in [0.1, 0.15) is 12.6 Å². The van der Waals surface area contributed by atoms with E-state index in [2.05, 4.69) is 15.1 Å². The number of carbonyl (C=O) groups is 1. The number of nitrogens with zero attached hydrogens (tertiary/aromatic N) is 5. The summed E-state index contributed by atoms with van der Waals surface area (Å²) in [6.45, 7) is 3.44. The molecule has 2 rings (SSSR count). The van der Waals surface area contributed by atoms with Crippen molar-refractivity contribution >= 4 is 17.6 Å². The van der Waals surface area contributed by atoms with Crippen molar-refractivity contribution < 1.29 is 9.90 Å². The second kappa shape index (κ2) is 4.00. The SMILES string of the molecule is Cc1cc(N(C)C(C)C(=O)O)n2ncnc2n1. The van der Waals surface area contributed by atoms with Gasteiger partial charge in [-0.15, -0.1) is 0 Å². The van der Waals surface area contributed by atoms with E-state index < -0.39 is 12.0 Å². The van der Waals surface area contributed by atoms with Crippen LogP contribution in [0.2, 0.25) is 0 Å². The van der Waals surface area contributed by atoms with Gasteiger partial charge in [0.2, 0.25) is 0 Å². The van der Waals surface area contributed by atoms with Crippen molar-refractivity contribution in [2.24, 2.45) is 0 Å². The summed E-state index contributed by atoms with van der Waals surface area (Å²) in [6.07, 6.45) is 1.39. The number of carboxylic acids is 1. The molecule has 7 nitrogen and oxygen atoms in total. The molecule has 0 amide bonds. The average Bonchev–Trinajstić information content (AvgIpc) is 2.73. The number of aromatic nitrogens is 4. The fraction of sp³-hybridized carbons (Fsp3) is 0.400. The minimum atomic E-state index is -0.893. The van der Waals surface area contributed by atoms with Gasteiger partial charge in [-0.2, -0.15) is 14.6 Å². The predicted molar refractivity (Wildman–Crippen MR) is 61.0 cm³/mol. The lowest BCUT2D eigenvalue weighted by Gasteiger charge is -2.23. The highest BCUT2D eigenvalue weighted by atomic mass is 16.4. The number of hydrogen-bond acceptors (Lipinski definition) is 5. The predicted octanol–water partition coefficient (Wildman–Crippen LogP) is 0.342. The monoisotopic (exact) mass is 235 g/mol. The smallest absolute Gasteiger partial charge is 0.326 e. The molecule has 90 valence electrons. The van der Waals surface area contributed by atoms with Crippen LogP contribution in [0.5, 0.6) is 0 Å². The van der Waals surface area contributed by atoms with Gasteiger partial charge in [0.25, 0.3) is 5.78 Å². The lowest BCUT2D eigenvalue weighted by Crippen LogP contribution is -2.37. The maximum absolute atomic E-state index is 11.0. The molecule has 0 aliphatic rings. The second-order valence-electron chi connectivity index (χ2n) is 3.85. The number of carboxylic acid groups (broad SMARTS) is 1. The molecule has 0 saturated heterocycles. The van der Waals surface area contributed by atoms with E-state index in [4.69, 9.17) is 5.11 Å². The number of hydrogen-bond donors (Lipinski definition) is 1. The third kappa shape index (κ3) is 1.91. The van der Waals surface area contributed by atoms with Crippen molar-refractivity contribution in [1.29, 1.82) is 0 Å². The molecular weight excluding hydrogens is 222 g/mol. The van der Waals surface area contributed by atoms with E-state index in [1.54, 1.807) is 24.9 Å². The highest BCUT2D eigenvalue weighted by Gasteiger charge is 2.20. The average molecular weight is 235 g/mol. The van der Waals surface area contributed by atoms with E-state index >= 15 is 0 Å². The van der Waals surface area contributed by atoms with Gasteiger partial charge < -0.3 is 10.0 Å². The van der Waals surface area contributed by atoms with Crippen molar-refractivity contribution in [3.8, 4) is 0 Å². The molecule has 0 saturated carbocycles. The summed E-state index contributed by atoms with van der Waals surface area (Å²) < 4.78 is 1.52. The molecule has 2 aromatic heterocycles. The number of fused-ring (bicyclic) bond motifs is 1. The lowest BCUT2D eigenvalue weighted by molar-refractivity contribution is -0.138. The first-order valence-electron chi connectivity index (χ1n) is 5.13. The first-order valence-corrected chi connectivity index (χ1v) is 5.13. The number of anilines is 1. The molecular formula is C10H13N5O2. The van der Waals surface area contributed by atoms with Crippen LogP contribution in [0.4, 0.5) is 5.82 Å². The third-order valence-electron chi connectivity index (χ3n) is 2.66. The van der Waals surface area contributed by atoms with E-state index in [1.807, 2.05) is 6.92 Å². The largest absolute Gasteiger partial charge is 0.480 e. The normalized spacial score (nSPS) is 12.6. The van der Waals surface area contributed by atoms with Crippen LogP contribution >= 0.6 is 0 Å². The number of aliphatic carboxylic acids is 1. The van der Waals surface area contributed by atoms with Crippen molar-refractivity contribution in [1.82, 2.24) is 19.6 Å². The second-order valence-corrected chi connectivity index (χ2v) is 3.85. The molecule has 0 bridgehead atoms. The summed E-state index contributed by atoms with van der Waals surface area (Å²) in [7, 11) is 1.70. The van der Waals surface area contributed by atoms with Gasteiger partial charge in [-0.1, -0.05) is 0 Å². The highest BCUT2D eigenvalue weighted by molar-refractivity contribution is 5.77. The van der Waals surface area contributed by atoms with Crippen LogP contribution in [0.3, 0.4) is 0 Å². The Morgan fingerprint density at radius 1 is 1.59 bits per heavy atom. The Morgan fingerprint density at radius 3 is 2.94 bits per heavy atom. The Bertz CT molecular complexity index is 565. The van der Waals surface area contributed by atoms with Crippen LogP contribution in [0, 0.1) is 6.92 Å². The fourth-order valence-corrected chi connectivity index (χ4v) is 1.53. The van der Waals surface area contributed by atoms with Gasteiger partial charge in [0.05, 0.1) is 0 Å². The Balaban J connectivity index is 2.53. The Hall–Kier alpha value is -2.18. The van der Waals surface area contributed by atoms with E-state index in [0.717, 1.165) is 5.69 Å². The minimum Gasteiger partial charge on any atom is -0.480 e. The third-order valence-corrected chi connectivity index (χ3v) is 2.66. The van der Waals surface area contributed by atoms with Crippen molar-refractivity contribution in [2.45, 2.75) is 19.9 Å². The van der Waals surface area contributed by atoms with E-state index in [1.165, 1.54) is 10.8 Å². The number of likely N-dealkylation sites (N-methyl/N-ethyl adjacent to an activating group) is 1. The van der Waals surface area contributed by atoms with Gasteiger partial charge in [0.15, 0.2) is 0 Å². The summed E-state index contributed by atoms with van der Waals surface area (Å²) in [6, 6.07) is 1.13. The topological polar surface area (TPSA) is 83.6 Å². The van der Waals surface area contributed by atoms with E-state index in [0.29, 0.717) is 11.6 Å². The van der Waals surface area contributed by atoms with Crippen LogP contribution in [-0.2, 0) is 4.79 Å². The zero-order chi connectivity index (χ0) is 12.6. The number of rotatable bonds is 3. The standard InChI is InChI=1S/C10H13N5O2/c1-6-4-8(14(3)7(2)9(16)17)15-10(13-6)11-5-12-15/h4-5,7H,1-3H3,(H,16,17). The quantitative estimate of drug-likeness (QED) is 0.826. The molecule has 17 heavy (non-hydrogen) atoms. The summed E-state index contributed by atoms with van der Waals surface area (Å²) >= 11 is 0. The highest BCUT2D eigenvalue weighted by Crippen LogP contribution is 2.16. The summed E-state index contributed by atoms with van der Waals surface area (Å²) in [4.78, 5) is 20.8. The van der Waals surface area contributed by atoms with Gasteiger partial charge in [0.1, 0.15) is 18.2 Å². The summed E-state index contributed by atoms with van der Waals surface area (Å²) in [5, 5.41) is 13.0. The molecule has 0 aliphatic heterocycles. The Kier molecular flexibility index (Phi) is 2.66. The number of aryl methyl sites for hydroxylation is 1. The maximum atomic E-state index is 11.0. The Morgan fingerprint density at radius 2 is 2.29 bits per heavy atom. The molecule has 2 aromatic rings. The zero-order valence-electron chi connectivity index (χ0n) is 9.82. The molecule has 7 heteroatoms. The zero-order valence-corrected chi connectivity index (χ0v) is 9.82. The molecule has 1 unspecified atom stereocenters. The van der Waals surface area contributed by atoms with Crippen LogP contribution in [0.15, 0.2) is 12.4 Å². The summed E-state index contributed by atoms with van der Waals surface area (Å²) in [5.74, 6) is 0.222. The summed E-state index contributed by atoms with van der Waals surface area (Å²) in [5.41, 5.74) is 0.768. The van der Waals surface area contributed by atoms with Crippen LogP contribution in [0.25, 0.3) is 5.78 Å². The minimum absolute atomic E-state index is 0.462. The maximum Gasteiger partial charge on any atom is 0.326 e. The lowest BCUT2D eigenvalue weighted by atomic mass is 10.3. The molecule has 0 aromatic carbocycles. The molecule has 1 atom stereocenters. The van der Waals surface area contributed by atoms with Gasteiger partial charge in [0, 0.05) is 18.8 Å². The molecule has 0 aliphatic carbocycles. The molecule has 1 N–H and O–H groups in total. The first kappa shape index (κ1) is 11.3. The molecule has 2 heterocycles. The first-order chi connectivity index (χ1) is 8.00. The molecule has 0 spiro atoms.